The lowest BCUT2D eigenvalue weighted by atomic mass is 10.2. The van der Waals surface area contributed by atoms with Gasteiger partial charge in [0.05, 0.1) is 0 Å². The van der Waals surface area contributed by atoms with Gasteiger partial charge in [-0.2, -0.15) is 0 Å². The number of aryl methyl sites for hydroxylation is 1. The predicted molar refractivity (Wildman–Crippen MR) is 81.2 cm³/mol. The predicted octanol–water partition coefficient (Wildman–Crippen LogP) is 2.54. The minimum atomic E-state index is -0.245. The topological polar surface area (TPSA) is 23.5 Å². The van der Waals surface area contributed by atoms with Crippen molar-refractivity contribution >= 4 is 24.9 Å². The lowest BCUT2D eigenvalue weighted by Gasteiger charge is -2.18. The van der Waals surface area contributed by atoms with Crippen LogP contribution in [0.2, 0.25) is 0 Å². The number of para-hydroxylation sites is 1. The van der Waals surface area contributed by atoms with Gasteiger partial charge in [-0.3, -0.25) is 0 Å². The molecule has 0 bridgehead atoms. The van der Waals surface area contributed by atoms with Crippen LogP contribution in [0.4, 0.5) is 10.1 Å². The first-order chi connectivity index (χ1) is 8.99. The maximum absolute atomic E-state index is 13.3. The molecule has 4 heteroatoms. The second-order valence-electron chi connectivity index (χ2n) is 4.65. The van der Waals surface area contributed by atoms with Crippen LogP contribution in [0.25, 0.3) is 0 Å². The van der Waals surface area contributed by atoms with Crippen LogP contribution in [0.5, 0.6) is 5.75 Å². The van der Waals surface area contributed by atoms with Crippen LogP contribution in [-0.2, 0) is 0 Å². The maximum Gasteiger partial charge on any atom is 0.126 e. The molecule has 0 saturated heterocycles. The monoisotopic (exact) mass is 277 g/mol. The zero-order valence-corrected chi connectivity index (χ0v) is 12.2. The van der Waals surface area contributed by atoms with Gasteiger partial charge in [-0.05, 0) is 30.7 Å². The molecule has 0 aromatic heterocycles. The molecule has 1 N–H and O–H groups in total. The molecule has 0 heterocycles. The number of nitrogens with zero attached hydrogens (tertiary/aromatic N) is 1. The molecule has 0 spiro atoms. The fourth-order valence-corrected chi connectivity index (χ4v) is 3.26. The van der Waals surface area contributed by atoms with Crippen LogP contribution in [-0.4, -0.2) is 19.2 Å². The summed E-state index contributed by atoms with van der Waals surface area (Å²) < 4.78 is 13.3. The quantitative estimate of drug-likeness (QED) is 0.872. The van der Waals surface area contributed by atoms with Gasteiger partial charge in [0, 0.05) is 30.4 Å². The Labute approximate surface area is 114 Å². The standard InChI is InChI=1S/C15H17FNOP/c1-10-5-4-6-14(15(10)18)19-13-8-7-11(16)9-12(13)17(2)3/h4-9,18-19H,1-3H3. The highest BCUT2D eigenvalue weighted by atomic mass is 31.1. The zero-order chi connectivity index (χ0) is 14.0. The molecule has 19 heavy (non-hydrogen) atoms. The molecular formula is C15H17FNOP. The highest BCUT2D eigenvalue weighted by Gasteiger charge is 2.10. The van der Waals surface area contributed by atoms with E-state index in [2.05, 4.69) is 0 Å². The van der Waals surface area contributed by atoms with E-state index in [0.717, 1.165) is 21.9 Å². The van der Waals surface area contributed by atoms with Crippen LogP contribution in [0.15, 0.2) is 36.4 Å². The highest BCUT2D eigenvalue weighted by Crippen LogP contribution is 2.25. The molecule has 2 nitrogen and oxygen atoms in total. The van der Waals surface area contributed by atoms with Crippen LogP contribution in [0.3, 0.4) is 0 Å². The molecule has 0 aliphatic rings. The van der Waals surface area contributed by atoms with Gasteiger partial charge < -0.3 is 10.0 Å². The first kappa shape index (κ1) is 13.8. The van der Waals surface area contributed by atoms with Crippen molar-refractivity contribution in [3.05, 3.63) is 47.8 Å². The molecular weight excluding hydrogens is 260 g/mol. The molecule has 2 aromatic carbocycles. The van der Waals surface area contributed by atoms with E-state index in [1.807, 2.05) is 44.1 Å². The Hall–Kier alpha value is -1.60. The second-order valence-corrected chi connectivity index (χ2v) is 5.98. The Morgan fingerprint density at radius 3 is 2.53 bits per heavy atom. The van der Waals surface area contributed by atoms with E-state index < -0.39 is 0 Å². The summed E-state index contributed by atoms with van der Waals surface area (Å²) in [6, 6.07) is 10.5. The summed E-state index contributed by atoms with van der Waals surface area (Å²) in [4.78, 5) is 1.89. The van der Waals surface area contributed by atoms with Crippen LogP contribution < -0.4 is 15.5 Å². The lowest BCUT2D eigenvalue weighted by Crippen LogP contribution is -2.18. The largest absolute Gasteiger partial charge is 0.507 e. The molecule has 0 radical (unpaired) electrons. The molecule has 2 aromatic rings. The molecule has 0 amide bonds. The number of hydrogen-bond acceptors (Lipinski definition) is 2. The maximum atomic E-state index is 13.3. The fourth-order valence-electron chi connectivity index (χ4n) is 1.89. The smallest absolute Gasteiger partial charge is 0.126 e. The molecule has 1 atom stereocenters. The summed E-state index contributed by atoms with van der Waals surface area (Å²) in [6.07, 6.45) is 0. The van der Waals surface area contributed by atoms with Gasteiger partial charge >= 0.3 is 0 Å². The molecule has 0 aliphatic carbocycles. The Balaban J connectivity index is 2.41. The van der Waals surface area contributed by atoms with E-state index in [4.69, 9.17) is 0 Å². The average molecular weight is 277 g/mol. The van der Waals surface area contributed by atoms with Crippen LogP contribution >= 0.6 is 8.58 Å². The summed E-state index contributed by atoms with van der Waals surface area (Å²) >= 11 is 0. The van der Waals surface area contributed by atoms with Gasteiger partial charge in [-0.15, -0.1) is 0 Å². The van der Waals surface area contributed by atoms with Crippen LogP contribution in [0.1, 0.15) is 5.56 Å². The summed E-state index contributed by atoms with van der Waals surface area (Å²) in [5.74, 6) is 0.0839. The molecule has 0 saturated carbocycles. The third-order valence-electron chi connectivity index (χ3n) is 2.95. The van der Waals surface area contributed by atoms with Crippen molar-refractivity contribution in [1.82, 2.24) is 0 Å². The van der Waals surface area contributed by atoms with E-state index in [-0.39, 0.29) is 5.82 Å². The van der Waals surface area contributed by atoms with E-state index in [9.17, 15) is 9.50 Å². The van der Waals surface area contributed by atoms with Crippen molar-refractivity contribution < 1.29 is 9.50 Å². The van der Waals surface area contributed by atoms with E-state index in [0.29, 0.717) is 14.3 Å². The number of aromatic hydroxyl groups is 1. The lowest BCUT2D eigenvalue weighted by molar-refractivity contribution is 0.475. The molecule has 0 aliphatic heterocycles. The van der Waals surface area contributed by atoms with Crippen molar-refractivity contribution in [1.29, 1.82) is 0 Å². The number of halogens is 1. The van der Waals surface area contributed by atoms with Gasteiger partial charge in [0.1, 0.15) is 11.6 Å². The second kappa shape index (κ2) is 5.58. The van der Waals surface area contributed by atoms with Gasteiger partial charge in [0.25, 0.3) is 0 Å². The van der Waals surface area contributed by atoms with Crippen molar-refractivity contribution in [3.8, 4) is 5.75 Å². The number of rotatable bonds is 3. The number of hydrogen-bond donors (Lipinski definition) is 1. The van der Waals surface area contributed by atoms with Crippen molar-refractivity contribution in [2.24, 2.45) is 0 Å². The summed E-state index contributed by atoms with van der Waals surface area (Å²) in [5, 5.41) is 12.0. The van der Waals surface area contributed by atoms with E-state index >= 15 is 0 Å². The third-order valence-corrected chi connectivity index (χ3v) is 4.31. The van der Waals surface area contributed by atoms with Gasteiger partial charge in [0.2, 0.25) is 0 Å². The van der Waals surface area contributed by atoms with Crippen molar-refractivity contribution in [3.63, 3.8) is 0 Å². The van der Waals surface area contributed by atoms with E-state index in [1.54, 1.807) is 6.07 Å². The highest BCUT2D eigenvalue weighted by molar-refractivity contribution is 7.56. The minimum Gasteiger partial charge on any atom is -0.507 e. The number of phenolic OH excluding ortho intramolecular Hbond substituents is 1. The molecule has 1 unspecified atom stereocenters. The SMILES string of the molecule is Cc1cccc(Pc2ccc(F)cc2N(C)C)c1O. The summed E-state index contributed by atoms with van der Waals surface area (Å²) in [7, 11) is 4.08. The summed E-state index contributed by atoms with van der Waals surface area (Å²) in [5.41, 5.74) is 1.71. The first-order valence-corrected chi connectivity index (χ1v) is 7.01. The normalized spacial score (nSPS) is 11.2. The fraction of sp³-hybridized carbons (Fsp3) is 0.200. The average Bonchev–Trinajstić information content (AvgIpc) is 2.36. The number of phenols is 1. The molecule has 100 valence electrons. The van der Waals surface area contributed by atoms with E-state index in [1.165, 1.54) is 12.1 Å². The van der Waals surface area contributed by atoms with Gasteiger partial charge in [-0.1, -0.05) is 26.8 Å². The number of anilines is 1. The summed E-state index contributed by atoms with van der Waals surface area (Å²) in [6.45, 7) is 1.88. The Morgan fingerprint density at radius 1 is 1.11 bits per heavy atom. The Bertz CT molecular complexity index is 599. The first-order valence-electron chi connectivity index (χ1n) is 6.01. The van der Waals surface area contributed by atoms with Crippen molar-refractivity contribution in [2.75, 3.05) is 19.0 Å². The van der Waals surface area contributed by atoms with Crippen molar-refractivity contribution in [2.45, 2.75) is 6.92 Å². The zero-order valence-electron chi connectivity index (χ0n) is 11.2. The van der Waals surface area contributed by atoms with Gasteiger partial charge in [-0.25, -0.2) is 4.39 Å². The third kappa shape index (κ3) is 3.05. The Morgan fingerprint density at radius 2 is 1.84 bits per heavy atom. The molecule has 2 rings (SSSR count). The van der Waals surface area contributed by atoms with Gasteiger partial charge in [0.15, 0.2) is 0 Å². The molecule has 0 fully saturated rings. The Kier molecular flexibility index (Phi) is 4.06. The number of benzene rings is 2. The minimum absolute atomic E-state index is 0.245. The van der Waals surface area contributed by atoms with Crippen LogP contribution in [0, 0.1) is 12.7 Å².